The lowest BCUT2D eigenvalue weighted by atomic mass is 10.0. The van der Waals surface area contributed by atoms with E-state index in [2.05, 4.69) is 22.0 Å². The number of hydrogen-bond acceptors (Lipinski definition) is 2. The lowest BCUT2D eigenvalue weighted by Crippen LogP contribution is -2.20. The van der Waals surface area contributed by atoms with E-state index in [0.717, 1.165) is 4.90 Å². The number of para-hydroxylation sites is 1. The maximum atomic E-state index is 10.2. The second kappa shape index (κ2) is 4.81. The van der Waals surface area contributed by atoms with Gasteiger partial charge in [0.15, 0.2) is 0 Å². The number of aliphatic imine (C=N–C) groups is 1. The van der Waals surface area contributed by atoms with Gasteiger partial charge in [-0.25, -0.2) is 0 Å². The van der Waals surface area contributed by atoms with Crippen LogP contribution in [0.4, 0.5) is 0 Å². The van der Waals surface area contributed by atoms with Crippen LogP contribution in [-0.2, 0) is 0 Å². The topological polar surface area (TPSA) is 32.6 Å². The van der Waals surface area contributed by atoms with Crippen LogP contribution in [0.2, 0.25) is 0 Å². The van der Waals surface area contributed by atoms with Gasteiger partial charge in [-0.2, -0.15) is 0 Å². The number of benzene rings is 1. The van der Waals surface area contributed by atoms with Crippen LogP contribution in [0.15, 0.2) is 45.8 Å². The van der Waals surface area contributed by atoms with Crippen molar-refractivity contribution >= 4 is 15.6 Å². The van der Waals surface area contributed by atoms with Crippen molar-refractivity contribution in [3.8, 4) is 5.75 Å². The molecule has 0 saturated heterocycles. The van der Waals surface area contributed by atoms with Gasteiger partial charge in [-0.05, 0) is 30.4 Å². The van der Waals surface area contributed by atoms with E-state index in [-0.39, 0.29) is 0 Å². The molecule has 0 bridgehead atoms. The Bertz CT molecular complexity index is 477. The number of nitrogens with zero attached hydrogens (tertiary/aromatic N) is 1. The summed E-state index contributed by atoms with van der Waals surface area (Å²) in [5.74, 6) is 0.427. The molecule has 1 aliphatic carbocycles. The maximum Gasteiger partial charge on any atom is 0.128 e. The molecule has 0 aromatic heterocycles. The van der Waals surface area contributed by atoms with E-state index < -0.39 is 10.0 Å². The number of rotatable bonds is 2. The minimum absolute atomic E-state index is 0.427. The zero-order chi connectivity index (χ0) is 12.4. The van der Waals surface area contributed by atoms with Crippen molar-refractivity contribution in [2.75, 3.05) is 0 Å². The fourth-order valence-electron chi connectivity index (χ4n) is 3.02. The highest BCUT2D eigenvalue weighted by Crippen LogP contribution is 2.66. The number of aromatic hydroxyl groups is 1. The molecule has 1 aromatic rings. The smallest absolute Gasteiger partial charge is 0.128 e. The summed E-state index contributed by atoms with van der Waals surface area (Å²) in [6.45, 7) is 0. The number of phenols is 1. The summed E-state index contributed by atoms with van der Waals surface area (Å²) < 4.78 is 0. The summed E-state index contributed by atoms with van der Waals surface area (Å²) in [4.78, 5) is 5.44. The third-order valence-corrected chi connectivity index (χ3v) is 7.68. The van der Waals surface area contributed by atoms with Crippen LogP contribution in [0, 0.1) is 0 Å². The molecule has 1 fully saturated rings. The summed E-state index contributed by atoms with van der Waals surface area (Å²) >= 11 is 0. The Morgan fingerprint density at radius 2 is 1.89 bits per heavy atom. The molecule has 3 rings (SSSR count). The number of hydrogen-bond donors (Lipinski definition) is 1. The second-order valence-electron chi connectivity index (χ2n) is 5.03. The average molecular weight is 261 g/mol. The summed E-state index contributed by atoms with van der Waals surface area (Å²) in [5.41, 5.74) is 2.11. The molecule has 0 spiro atoms. The predicted octanol–water partition coefficient (Wildman–Crippen LogP) is 4.40. The lowest BCUT2D eigenvalue weighted by molar-refractivity contribution is 0.460. The summed E-state index contributed by atoms with van der Waals surface area (Å²) in [6.07, 6.45) is 8.42. The van der Waals surface area contributed by atoms with Crippen LogP contribution in [0.25, 0.3) is 0 Å². The Morgan fingerprint density at radius 1 is 1.11 bits per heavy atom. The summed E-state index contributed by atoms with van der Waals surface area (Å²) in [5, 5.41) is 13.1. The molecule has 1 aliphatic heterocycles. The summed E-state index contributed by atoms with van der Waals surface area (Å²) in [6, 6.07) is 7.78. The minimum Gasteiger partial charge on any atom is -0.507 e. The van der Waals surface area contributed by atoms with E-state index in [1.807, 2.05) is 18.3 Å². The number of phenolic OH excluding ortho intramolecular Hbond substituents is 1. The van der Waals surface area contributed by atoms with E-state index in [4.69, 9.17) is 0 Å². The molecule has 2 aliphatic rings. The zero-order valence-electron chi connectivity index (χ0n) is 10.5. The average Bonchev–Trinajstić information content (AvgIpc) is 2.91. The van der Waals surface area contributed by atoms with Crippen LogP contribution in [-0.4, -0.2) is 15.9 Å². The molecule has 1 unspecified atom stereocenters. The van der Waals surface area contributed by atoms with Crippen molar-refractivity contribution in [1.29, 1.82) is 0 Å². The van der Waals surface area contributed by atoms with E-state index in [1.165, 1.54) is 32.1 Å². The first-order valence-electron chi connectivity index (χ1n) is 6.63. The lowest BCUT2D eigenvalue weighted by Gasteiger charge is -2.41. The quantitative estimate of drug-likeness (QED) is 0.840. The normalized spacial score (nSPS) is 31.3. The van der Waals surface area contributed by atoms with E-state index in [9.17, 15) is 5.11 Å². The van der Waals surface area contributed by atoms with Crippen molar-refractivity contribution in [2.24, 2.45) is 4.99 Å². The van der Waals surface area contributed by atoms with E-state index in [1.54, 1.807) is 6.07 Å². The van der Waals surface area contributed by atoms with Crippen molar-refractivity contribution in [3.63, 3.8) is 0 Å². The highest BCUT2D eigenvalue weighted by Gasteiger charge is 2.35. The van der Waals surface area contributed by atoms with Crippen molar-refractivity contribution in [2.45, 2.75) is 42.2 Å². The van der Waals surface area contributed by atoms with Crippen LogP contribution in [0.1, 0.15) is 32.1 Å². The van der Waals surface area contributed by atoms with Crippen LogP contribution >= 0.6 is 10.0 Å². The molecule has 96 valence electrons. The Labute approximate surface area is 110 Å². The van der Waals surface area contributed by atoms with Crippen molar-refractivity contribution in [1.82, 2.24) is 0 Å². The van der Waals surface area contributed by atoms with E-state index >= 15 is 0 Å². The SMILES string of the molecule is Oc1ccccc1S1(C2CCCCC2)C=CN=C1. The fraction of sp³-hybridized carbons (Fsp3) is 0.400. The first-order chi connectivity index (χ1) is 8.83. The Morgan fingerprint density at radius 3 is 2.56 bits per heavy atom. The largest absolute Gasteiger partial charge is 0.507 e. The van der Waals surface area contributed by atoms with Crippen LogP contribution in [0.5, 0.6) is 5.75 Å². The van der Waals surface area contributed by atoms with Gasteiger partial charge in [0.05, 0.1) is 5.55 Å². The van der Waals surface area contributed by atoms with Gasteiger partial charge in [0.2, 0.25) is 0 Å². The zero-order valence-corrected chi connectivity index (χ0v) is 11.3. The third-order valence-electron chi connectivity index (χ3n) is 3.96. The first-order valence-corrected chi connectivity index (χ1v) is 8.45. The fourth-order valence-corrected chi connectivity index (χ4v) is 6.51. The van der Waals surface area contributed by atoms with E-state index in [0.29, 0.717) is 11.0 Å². The molecule has 3 heteroatoms. The molecule has 1 saturated carbocycles. The second-order valence-corrected chi connectivity index (χ2v) is 8.14. The Kier molecular flexibility index (Phi) is 3.16. The molecule has 2 nitrogen and oxygen atoms in total. The molecular weight excluding hydrogens is 242 g/mol. The van der Waals surface area contributed by atoms with Gasteiger partial charge in [-0.1, -0.05) is 31.4 Å². The Balaban J connectivity index is 2.04. The Hall–Kier alpha value is -1.22. The molecule has 0 radical (unpaired) electrons. The molecule has 1 aromatic carbocycles. The van der Waals surface area contributed by atoms with Gasteiger partial charge < -0.3 is 5.11 Å². The standard InChI is InChI=1S/C15H19NOS/c17-14-8-4-5-9-15(14)18(11-10-16-12-18)13-6-2-1-3-7-13/h4-5,8-13,17H,1-3,6-7H2. The van der Waals surface area contributed by atoms with Crippen molar-refractivity contribution in [3.05, 3.63) is 35.9 Å². The predicted molar refractivity (Wildman–Crippen MR) is 78.5 cm³/mol. The van der Waals surface area contributed by atoms with Gasteiger partial charge in [-0.15, -0.1) is 10.0 Å². The molecular formula is C15H19NOS. The minimum atomic E-state index is -1.19. The maximum absolute atomic E-state index is 10.2. The van der Waals surface area contributed by atoms with Gasteiger partial charge in [0.1, 0.15) is 5.75 Å². The van der Waals surface area contributed by atoms with Gasteiger partial charge >= 0.3 is 0 Å². The molecule has 1 atom stereocenters. The molecule has 18 heavy (non-hydrogen) atoms. The molecule has 0 amide bonds. The highest BCUT2D eigenvalue weighted by molar-refractivity contribution is 8.46. The van der Waals surface area contributed by atoms with Crippen LogP contribution in [0.3, 0.4) is 0 Å². The summed E-state index contributed by atoms with van der Waals surface area (Å²) in [7, 11) is -1.19. The van der Waals surface area contributed by atoms with Crippen LogP contribution < -0.4 is 0 Å². The van der Waals surface area contributed by atoms with Gasteiger partial charge in [-0.3, -0.25) is 4.99 Å². The first kappa shape index (κ1) is 11.8. The van der Waals surface area contributed by atoms with Gasteiger partial charge in [0, 0.05) is 16.3 Å². The van der Waals surface area contributed by atoms with Gasteiger partial charge in [0.25, 0.3) is 0 Å². The highest BCUT2D eigenvalue weighted by atomic mass is 32.3. The third kappa shape index (κ3) is 1.87. The molecule has 1 heterocycles. The van der Waals surface area contributed by atoms with Crippen molar-refractivity contribution < 1.29 is 5.11 Å². The monoisotopic (exact) mass is 261 g/mol. The molecule has 1 N–H and O–H groups in total.